The lowest BCUT2D eigenvalue weighted by Crippen LogP contribution is -2.34. The highest BCUT2D eigenvalue weighted by molar-refractivity contribution is 7.89. The molecule has 1 N–H and O–H groups in total. The monoisotopic (exact) mass is 366 g/mol. The van der Waals surface area contributed by atoms with Gasteiger partial charge in [0.1, 0.15) is 11.3 Å². The third kappa shape index (κ3) is 3.92. The van der Waals surface area contributed by atoms with Crippen LogP contribution >= 0.6 is 0 Å². The van der Waals surface area contributed by atoms with Gasteiger partial charge in [-0.3, -0.25) is 4.98 Å². The Morgan fingerprint density at radius 3 is 2.84 bits per heavy atom. The summed E-state index contributed by atoms with van der Waals surface area (Å²) in [6, 6.07) is 6.59. The molecular formula is C17H22N2O5S. The quantitative estimate of drug-likeness (QED) is 0.842. The Balaban J connectivity index is 1.86. The molecule has 0 spiro atoms. The maximum atomic E-state index is 12.8. The van der Waals surface area contributed by atoms with E-state index in [0.29, 0.717) is 29.9 Å². The molecule has 0 saturated carbocycles. The molecule has 0 bridgehead atoms. The van der Waals surface area contributed by atoms with Gasteiger partial charge >= 0.3 is 0 Å². The summed E-state index contributed by atoms with van der Waals surface area (Å²) in [5, 5.41) is 0.518. The van der Waals surface area contributed by atoms with E-state index in [0.717, 1.165) is 0 Å². The molecule has 2 aromatic rings. The van der Waals surface area contributed by atoms with Crippen LogP contribution in [0.3, 0.4) is 0 Å². The van der Waals surface area contributed by atoms with E-state index in [-0.39, 0.29) is 17.5 Å². The molecule has 1 saturated heterocycles. The zero-order valence-corrected chi connectivity index (χ0v) is 15.3. The lowest BCUT2D eigenvalue weighted by molar-refractivity contribution is -0.137. The molecule has 1 aromatic heterocycles. The molecule has 25 heavy (non-hydrogen) atoms. The Hall–Kier alpha value is -1.74. The van der Waals surface area contributed by atoms with Gasteiger partial charge in [-0.25, -0.2) is 13.1 Å². The van der Waals surface area contributed by atoms with E-state index in [2.05, 4.69) is 9.71 Å². The molecule has 136 valence electrons. The second-order valence-corrected chi connectivity index (χ2v) is 7.93. The van der Waals surface area contributed by atoms with E-state index >= 15 is 0 Å². The van der Waals surface area contributed by atoms with Crippen LogP contribution in [-0.2, 0) is 19.5 Å². The van der Waals surface area contributed by atoms with Crippen LogP contribution < -0.4 is 9.46 Å². The molecule has 1 aliphatic rings. The molecule has 8 heteroatoms. The first kappa shape index (κ1) is 18.1. The number of nitrogens with one attached hydrogen (secondary N) is 1. The highest BCUT2D eigenvalue weighted by atomic mass is 32.2. The number of sulfonamides is 1. The van der Waals surface area contributed by atoms with E-state index < -0.39 is 15.8 Å². The molecular weight excluding hydrogens is 344 g/mol. The number of hydrogen-bond acceptors (Lipinski definition) is 6. The number of pyridine rings is 1. The second kappa shape index (κ2) is 6.87. The maximum Gasteiger partial charge on any atom is 0.241 e. The highest BCUT2D eigenvalue weighted by Gasteiger charge is 2.33. The van der Waals surface area contributed by atoms with Gasteiger partial charge < -0.3 is 14.2 Å². The predicted molar refractivity (Wildman–Crippen MR) is 93.0 cm³/mol. The molecule has 0 amide bonds. The minimum atomic E-state index is -3.72. The van der Waals surface area contributed by atoms with Crippen molar-refractivity contribution in [3.05, 3.63) is 30.5 Å². The molecule has 1 atom stereocenters. The molecule has 0 aliphatic carbocycles. The summed E-state index contributed by atoms with van der Waals surface area (Å²) in [5.74, 6) is -0.127. The van der Waals surface area contributed by atoms with Gasteiger partial charge in [0.15, 0.2) is 5.79 Å². The number of fused-ring (bicyclic) bond motifs is 1. The van der Waals surface area contributed by atoms with Crippen molar-refractivity contribution in [3.63, 3.8) is 0 Å². The van der Waals surface area contributed by atoms with E-state index in [9.17, 15) is 8.42 Å². The normalized spacial score (nSPS) is 20.0. The standard InChI is InChI=1S/C17H22N2O5S/c1-4-22-14-7-8-15(13-6-5-9-18-16(13)14)25(20,21)19-10-12-11-23-17(2,3)24-12/h5-9,12,19H,4,10-11H2,1-3H3. The van der Waals surface area contributed by atoms with Crippen molar-refractivity contribution in [1.29, 1.82) is 0 Å². The summed E-state index contributed by atoms with van der Waals surface area (Å²) in [5.41, 5.74) is 0.522. The molecule has 7 nitrogen and oxygen atoms in total. The maximum absolute atomic E-state index is 12.8. The summed E-state index contributed by atoms with van der Waals surface area (Å²) in [7, 11) is -3.72. The molecule has 1 fully saturated rings. The Bertz CT molecular complexity index is 866. The van der Waals surface area contributed by atoms with Crippen LogP contribution in [0.25, 0.3) is 10.9 Å². The number of nitrogens with zero attached hydrogens (tertiary/aromatic N) is 1. The Labute approximate surface area is 147 Å². The second-order valence-electron chi connectivity index (χ2n) is 6.20. The van der Waals surface area contributed by atoms with E-state index in [4.69, 9.17) is 14.2 Å². The van der Waals surface area contributed by atoms with Crippen molar-refractivity contribution in [2.75, 3.05) is 19.8 Å². The first-order valence-electron chi connectivity index (χ1n) is 8.14. The molecule has 1 aliphatic heterocycles. The number of ether oxygens (including phenoxy) is 3. The number of rotatable bonds is 6. The molecule has 1 aromatic carbocycles. The third-order valence-corrected chi connectivity index (χ3v) is 5.33. The van der Waals surface area contributed by atoms with Gasteiger partial charge in [0, 0.05) is 18.1 Å². The smallest absolute Gasteiger partial charge is 0.241 e. The van der Waals surface area contributed by atoms with Crippen molar-refractivity contribution in [2.45, 2.75) is 37.6 Å². The predicted octanol–water partition coefficient (Wildman–Crippen LogP) is 2.06. The molecule has 1 unspecified atom stereocenters. The molecule has 0 radical (unpaired) electrons. The fourth-order valence-electron chi connectivity index (χ4n) is 2.77. The zero-order chi connectivity index (χ0) is 18.1. The topological polar surface area (TPSA) is 86.8 Å². The van der Waals surface area contributed by atoms with E-state index in [1.807, 2.05) is 6.92 Å². The van der Waals surface area contributed by atoms with Crippen LogP contribution in [0.1, 0.15) is 20.8 Å². The van der Waals surface area contributed by atoms with Crippen molar-refractivity contribution >= 4 is 20.9 Å². The first-order valence-corrected chi connectivity index (χ1v) is 9.63. The van der Waals surface area contributed by atoms with Crippen molar-refractivity contribution in [1.82, 2.24) is 9.71 Å². The van der Waals surface area contributed by atoms with Crippen LogP contribution in [0.4, 0.5) is 0 Å². The Morgan fingerprint density at radius 1 is 1.36 bits per heavy atom. The SMILES string of the molecule is CCOc1ccc(S(=O)(=O)NCC2COC(C)(C)O2)c2cccnc12. The van der Waals surface area contributed by atoms with Gasteiger partial charge in [0.05, 0.1) is 24.2 Å². The fourth-order valence-corrected chi connectivity index (χ4v) is 4.03. The summed E-state index contributed by atoms with van der Waals surface area (Å²) >= 11 is 0. The van der Waals surface area contributed by atoms with E-state index in [1.54, 1.807) is 38.2 Å². The van der Waals surface area contributed by atoms with Gasteiger partial charge in [-0.2, -0.15) is 0 Å². The van der Waals surface area contributed by atoms with Crippen molar-refractivity contribution in [2.24, 2.45) is 0 Å². The van der Waals surface area contributed by atoms with Crippen LogP contribution in [0.15, 0.2) is 35.4 Å². The van der Waals surface area contributed by atoms with Crippen LogP contribution in [0.2, 0.25) is 0 Å². The van der Waals surface area contributed by atoms with Crippen LogP contribution in [0.5, 0.6) is 5.75 Å². The first-order chi connectivity index (χ1) is 11.8. The van der Waals surface area contributed by atoms with Gasteiger partial charge in [0.25, 0.3) is 0 Å². The molecule has 2 heterocycles. The average Bonchev–Trinajstić information content (AvgIpc) is 2.93. The largest absolute Gasteiger partial charge is 0.492 e. The number of benzene rings is 1. The van der Waals surface area contributed by atoms with Crippen molar-refractivity contribution < 1.29 is 22.6 Å². The summed E-state index contributed by atoms with van der Waals surface area (Å²) < 4.78 is 44.7. The summed E-state index contributed by atoms with van der Waals surface area (Å²) in [6.07, 6.45) is 1.29. The van der Waals surface area contributed by atoms with Crippen LogP contribution in [0, 0.1) is 0 Å². The highest BCUT2D eigenvalue weighted by Crippen LogP contribution is 2.29. The lowest BCUT2D eigenvalue weighted by Gasteiger charge is -2.17. The van der Waals surface area contributed by atoms with Gasteiger partial charge in [0.2, 0.25) is 10.0 Å². The minimum absolute atomic E-state index is 0.140. The third-order valence-electron chi connectivity index (χ3n) is 3.85. The average molecular weight is 366 g/mol. The minimum Gasteiger partial charge on any atom is -0.492 e. The summed E-state index contributed by atoms with van der Waals surface area (Å²) in [4.78, 5) is 4.43. The Morgan fingerprint density at radius 2 is 2.16 bits per heavy atom. The molecule has 3 rings (SSSR count). The number of hydrogen-bond donors (Lipinski definition) is 1. The van der Waals surface area contributed by atoms with Gasteiger partial charge in [-0.1, -0.05) is 0 Å². The Kier molecular flexibility index (Phi) is 4.97. The van der Waals surface area contributed by atoms with Gasteiger partial charge in [-0.15, -0.1) is 0 Å². The fraction of sp³-hybridized carbons (Fsp3) is 0.471. The van der Waals surface area contributed by atoms with E-state index in [1.165, 1.54) is 6.07 Å². The summed E-state index contributed by atoms with van der Waals surface area (Å²) in [6.45, 7) is 6.43. The zero-order valence-electron chi connectivity index (χ0n) is 14.5. The lowest BCUT2D eigenvalue weighted by atomic mass is 10.2. The van der Waals surface area contributed by atoms with Crippen LogP contribution in [-0.4, -0.2) is 45.1 Å². The number of aromatic nitrogens is 1. The van der Waals surface area contributed by atoms with Crippen molar-refractivity contribution in [3.8, 4) is 5.75 Å². The van der Waals surface area contributed by atoms with Gasteiger partial charge in [-0.05, 0) is 45.0 Å².